The average molecular weight is 371 g/mol. The molecule has 5 nitrogen and oxygen atoms in total. The quantitative estimate of drug-likeness (QED) is 0.682. The second-order valence-electron chi connectivity index (χ2n) is 5.54. The van der Waals surface area contributed by atoms with Gasteiger partial charge in [-0.2, -0.15) is 0 Å². The van der Waals surface area contributed by atoms with Crippen molar-refractivity contribution >= 4 is 45.7 Å². The highest BCUT2D eigenvalue weighted by Crippen LogP contribution is 2.30. The Balaban J connectivity index is 1.63. The lowest BCUT2D eigenvalue weighted by Crippen LogP contribution is -2.19. The van der Waals surface area contributed by atoms with Gasteiger partial charge in [-0.15, -0.1) is 0 Å². The van der Waals surface area contributed by atoms with Crippen LogP contribution >= 0.6 is 11.8 Å². The predicted octanol–water partition coefficient (Wildman–Crippen LogP) is 4.31. The third kappa shape index (κ3) is 3.23. The van der Waals surface area contributed by atoms with Crippen molar-refractivity contribution < 1.29 is 18.0 Å². The summed E-state index contributed by atoms with van der Waals surface area (Å²) in [5.74, 6) is -1.08. The minimum absolute atomic E-state index is 0.174. The topological polar surface area (TPSA) is 67.5 Å². The number of aromatic nitrogens is 1. The number of fused-ring (bicyclic) bond motifs is 1. The molecule has 0 bridgehead atoms. The molecular formula is C18H11F2N3O2S. The largest absolute Gasteiger partial charge is 0.441 e. The standard InChI is InChI=1S/C18H11F2N3O2S/c1-9-21-13-5-2-10(6-15(13)25-9)7-16-17(24)23-18(26-16)22-14-8-11(19)3-4-12(14)20/h2-8H,1H3,(H,22,23,24)/b16-7+. The Labute approximate surface area is 150 Å². The van der Waals surface area contributed by atoms with Gasteiger partial charge >= 0.3 is 0 Å². The Morgan fingerprint density at radius 1 is 1.23 bits per heavy atom. The minimum Gasteiger partial charge on any atom is -0.441 e. The number of rotatable bonds is 2. The number of nitrogens with zero attached hydrogens (tertiary/aromatic N) is 2. The van der Waals surface area contributed by atoms with E-state index in [1.54, 1.807) is 25.1 Å². The molecule has 0 saturated carbocycles. The fourth-order valence-corrected chi connectivity index (χ4v) is 3.29. The van der Waals surface area contributed by atoms with Crippen molar-refractivity contribution in [2.75, 3.05) is 0 Å². The summed E-state index contributed by atoms with van der Waals surface area (Å²) in [6.07, 6.45) is 1.67. The Kier molecular flexibility index (Phi) is 4.04. The summed E-state index contributed by atoms with van der Waals surface area (Å²) >= 11 is 1.05. The fourth-order valence-electron chi connectivity index (χ4n) is 2.46. The van der Waals surface area contributed by atoms with Crippen LogP contribution in [-0.4, -0.2) is 16.1 Å². The molecule has 26 heavy (non-hydrogen) atoms. The van der Waals surface area contributed by atoms with Crippen molar-refractivity contribution in [2.45, 2.75) is 6.92 Å². The number of oxazole rings is 1. The van der Waals surface area contributed by atoms with Crippen LogP contribution in [0, 0.1) is 18.6 Å². The zero-order valence-corrected chi connectivity index (χ0v) is 14.2. The molecule has 0 spiro atoms. The zero-order chi connectivity index (χ0) is 18.3. The molecule has 4 rings (SSSR count). The summed E-state index contributed by atoms with van der Waals surface area (Å²) in [5.41, 5.74) is 1.94. The Morgan fingerprint density at radius 2 is 2.08 bits per heavy atom. The van der Waals surface area contributed by atoms with Gasteiger partial charge in [0.15, 0.2) is 16.6 Å². The number of carbonyl (C=O) groups is 1. The number of thioether (sulfide) groups is 1. The van der Waals surface area contributed by atoms with Crippen molar-refractivity contribution in [2.24, 2.45) is 4.99 Å². The summed E-state index contributed by atoms with van der Waals surface area (Å²) in [6, 6.07) is 8.35. The average Bonchev–Trinajstić information content (AvgIpc) is 3.12. The Morgan fingerprint density at radius 3 is 2.92 bits per heavy atom. The van der Waals surface area contributed by atoms with Crippen molar-refractivity contribution in [3.8, 4) is 0 Å². The van der Waals surface area contributed by atoms with Gasteiger partial charge in [0, 0.05) is 13.0 Å². The monoisotopic (exact) mass is 371 g/mol. The lowest BCUT2D eigenvalue weighted by molar-refractivity contribution is -0.115. The molecule has 1 N–H and O–H groups in total. The number of aliphatic imine (C=N–C) groups is 1. The van der Waals surface area contributed by atoms with Gasteiger partial charge in [-0.25, -0.2) is 18.8 Å². The van der Waals surface area contributed by atoms with Crippen molar-refractivity contribution in [1.82, 2.24) is 10.3 Å². The van der Waals surface area contributed by atoms with Crippen LogP contribution in [-0.2, 0) is 4.79 Å². The van der Waals surface area contributed by atoms with Crippen LogP contribution in [0.5, 0.6) is 0 Å². The van der Waals surface area contributed by atoms with Crippen LogP contribution in [0.2, 0.25) is 0 Å². The molecule has 3 aromatic rings. The van der Waals surface area contributed by atoms with Gasteiger partial charge in [0.05, 0.1) is 4.91 Å². The first-order valence-corrected chi connectivity index (χ1v) is 8.41. The molecule has 1 aliphatic rings. The molecule has 1 aromatic heterocycles. The third-order valence-electron chi connectivity index (χ3n) is 3.60. The summed E-state index contributed by atoms with van der Waals surface area (Å²) in [5, 5.41) is 2.72. The Bertz CT molecular complexity index is 1110. The molecule has 0 radical (unpaired) electrons. The van der Waals surface area contributed by atoms with Crippen LogP contribution in [0.3, 0.4) is 0 Å². The number of halogens is 2. The second-order valence-corrected chi connectivity index (χ2v) is 6.57. The lowest BCUT2D eigenvalue weighted by atomic mass is 10.2. The van der Waals surface area contributed by atoms with E-state index in [-0.39, 0.29) is 16.8 Å². The van der Waals surface area contributed by atoms with E-state index in [2.05, 4.69) is 15.3 Å². The number of aryl methyl sites for hydroxylation is 1. The molecule has 1 saturated heterocycles. The highest BCUT2D eigenvalue weighted by atomic mass is 32.2. The molecule has 2 heterocycles. The normalized spacial score (nSPS) is 17.4. The molecule has 0 atom stereocenters. The summed E-state index contributed by atoms with van der Waals surface area (Å²) in [4.78, 5) is 20.7. The number of carbonyl (C=O) groups excluding carboxylic acids is 1. The number of amides is 1. The molecule has 130 valence electrons. The second kappa shape index (κ2) is 6.38. The van der Waals surface area contributed by atoms with Crippen LogP contribution in [0.1, 0.15) is 11.5 Å². The molecule has 1 amide bonds. The van der Waals surface area contributed by atoms with E-state index in [4.69, 9.17) is 4.42 Å². The van der Waals surface area contributed by atoms with Crippen molar-refractivity contribution in [3.05, 3.63) is 64.4 Å². The van der Waals surface area contributed by atoms with Gasteiger partial charge in [-0.1, -0.05) is 6.07 Å². The maximum atomic E-state index is 13.7. The van der Waals surface area contributed by atoms with Crippen LogP contribution < -0.4 is 5.32 Å². The summed E-state index contributed by atoms with van der Waals surface area (Å²) < 4.78 is 32.4. The molecule has 2 aromatic carbocycles. The molecule has 1 aliphatic heterocycles. The van der Waals surface area contributed by atoms with E-state index in [0.717, 1.165) is 41.0 Å². The summed E-state index contributed by atoms with van der Waals surface area (Å²) in [6.45, 7) is 1.76. The van der Waals surface area contributed by atoms with Gasteiger partial charge < -0.3 is 9.73 Å². The van der Waals surface area contributed by atoms with Gasteiger partial charge in [-0.05, 0) is 47.7 Å². The smallest absolute Gasteiger partial charge is 0.264 e. The van der Waals surface area contributed by atoms with Crippen LogP contribution in [0.25, 0.3) is 17.2 Å². The van der Waals surface area contributed by atoms with Crippen molar-refractivity contribution in [3.63, 3.8) is 0 Å². The van der Waals surface area contributed by atoms with E-state index < -0.39 is 11.6 Å². The number of hydrogen-bond donors (Lipinski definition) is 1. The van der Waals surface area contributed by atoms with E-state index in [0.29, 0.717) is 16.4 Å². The number of nitrogens with one attached hydrogen (secondary N) is 1. The van der Waals surface area contributed by atoms with E-state index in [1.165, 1.54) is 0 Å². The number of amidine groups is 1. The first-order valence-electron chi connectivity index (χ1n) is 7.60. The molecule has 0 aliphatic carbocycles. The maximum Gasteiger partial charge on any atom is 0.264 e. The fraction of sp³-hybridized carbons (Fsp3) is 0.0556. The van der Waals surface area contributed by atoms with E-state index >= 15 is 0 Å². The predicted molar refractivity (Wildman–Crippen MR) is 95.9 cm³/mol. The first-order chi connectivity index (χ1) is 12.5. The maximum absolute atomic E-state index is 13.7. The van der Waals surface area contributed by atoms with E-state index in [1.807, 2.05) is 6.07 Å². The van der Waals surface area contributed by atoms with E-state index in [9.17, 15) is 13.6 Å². The Hall–Kier alpha value is -3.00. The number of hydrogen-bond acceptors (Lipinski definition) is 5. The van der Waals surface area contributed by atoms with Gasteiger partial charge in [0.2, 0.25) is 0 Å². The van der Waals surface area contributed by atoms with Crippen molar-refractivity contribution in [1.29, 1.82) is 0 Å². The SMILES string of the molecule is Cc1nc2ccc(/C=C3/SC(=Nc4cc(F)ccc4F)NC3=O)cc2o1. The van der Waals surface area contributed by atoms with Gasteiger partial charge in [0.1, 0.15) is 22.8 Å². The lowest BCUT2D eigenvalue weighted by Gasteiger charge is -1.98. The minimum atomic E-state index is -0.669. The number of benzene rings is 2. The molecule has 0 unspecified atom stereocenters. The molecular weight excluding hydrogens is 360 g/mol. The highest BCUT2D eigenvalue weighted by Gasteiger charge is 2.24. The molecule has 1 fully saturated rings. The highest BCUT2D eigenvalue weighted by molar-refractivity contribution is 8.18. The first kappa shape index (κ1) is 16.5. The zero-order valence-electron chi connectivity index (χ0n) is 13.4. The van der Waals surface area contributed by atoms with Gasteiger partial charge in [-0.3, -0.25) is 4.79 Å². The third-order valence-corrected chi connectivity index (χ3v) is 4.51. The molecule has 8 heteroatoms. The van der Waals surface area contributed by atoms with Crippen LogP contribution in [0.4, 0.5) is 14.5 Å². The van der Waals surface area contributed by atoms with Gasteiger partial charge in [0.25, 0.3) is 5.91 Å². The summed E-state index contributed by atoms with van der Waals surface area (Å²) in [7, 11) is 0. The van der Waals surface area contributed by atoms with Crippen LogP contribution in [0.15, 0.2) is 50.7 Å².